The van der Waals surface area contributed by atoms with E-state index in [4.69, 9.17) is 19.5 Å². The molecule has 0 saturated carbocycles. The molecule has 0 aliphatic rings. The molecule has 0 amide bonds. The summed E-state index contributed by atoms with van der Waals surface area (Å²) in [5.41, 5.74) is 0. The third-order valence-corrected chi connectivity index (χ3v) is 7.35. The smallest absolute Gasteiger partial charge is 0.325 e. The van der Waals surface area contributed by atoms with Crippen molar-refractivity contribution in [1.82, 2.24) is 0 Å². The number of unbranched alkanes of at least 4 members (excludes halogenated alkanes) is 9. The average molecular weight is 465 g/mol. The summed E-state index contributed by atoms with van der Waals surface area (Å²) in [6.45, 7) is 5.52. The standard InChI is InChI=1S/C15H31O.C4H6O7S.K/c1-3-5-6-7-8-9-10-11-12-13-15-16-14-4-2;5-3(6)1-2(4(7)8)12(9,10)11;/h14H,3-13,15H2,1-2H3;2H,1H2,(H,5,6)(H,7,8)(H,9,10,11);. The number of rotatable bonds is 17. The maximum absolute atomic E-state index is 10.2. The number of hydrogen-bond donors (Lipinski definition) is 3. The van der Waals surface area contributed by atoms with E-state index in [0.717, 1.165) is 55.6 Å². The Labute approximate surface area is 209 Å². The third kappa shape index (κ3) is 22.9. The Balaban J connectivity index is 0. The van der Waals surface area contributed by atoms with Crippen LogP contribution in [0.25, 0.3) is 0 Å². The van der Waals surface area contributed by atoms with Gasteiger partial charge in [-0.1, -0.05) is 13.3 Å². The van der Waals surface area contributed by atoms with Gasteiger partial charge in [0.2, 0.25) is 0 Å². The molecule has 3 N–H and O–H groups in total. The molecule has 0 heterocycles. The molecule has 0 spiro atoms. The third-order valence-electron chi connectivity index (χ3n) is 4.47. The van der Waals surface area contributed by atoms with Gasteiger partial charge >= 0.3 is 144 Å². The number of carboxylic acids is 2. The summed E-state index contributed by atoms with van der Waals surface area (Å²) in [7, 11) is -4.84. The maximum Gasteiger partial charge on any atom is 0.325 e. The summed E-state index contributed by atoms with van der Waals surface area (Å²) in [5.74, 6) is -3.50. The van der Waals surface area contributed by atoms with Gasteiger partial charge in [-0.2, -0.15) is 8.42 Å². The summed E-state index contributed by atoms with van der Waals surface area (Å²) in [5, 5.41) is 13.9. The number of hydrogen-bond acceptors (Lipinski definition) is 5. The largest absolute Gasteiger partial charge is 0.481 e. The van der Waals surface area contributed by atoms with Crippen LogP contribution in [0.2, 0.25) is 0 Å². The van der Waals surface area contributed by atoms with E-state index in [-0.39, 0.29) is 0 Å². The Morgan fingerprint density at radius 2 is 1.34 bits per heavy atom. The van der Waals surface area contributed by atoms with Gasteiger partial charge in [0.15, 0.2) is 5.25 Å². The molecule has 2 unspecified atom stereocenters. The van der Waals surface area contributed by atoms with Gasteiger partial charge in [-0.3, -0.25) is 14.1 Å². The van der Waals surface area contributed by atoms with Crippen LogP contribution in [0.4, 0.5) is 0 Å². The van der Waals surface area contributed by atoms with E-state index in [9.17, 15) is 18.0 Å². The van der Waals surface area contributed by atoms with E-state index >= 15 is 0 Å². The number of carboxylic acid groups (broad SMARTS) is 2. The number of carbonyl (C=O) groups is 2. The summed E-state index contributed by atoms with van der Waals surface area (Å²) >= 11 is 0.847. The molecule has 0 aromatic heterocycles. The average Bonchev–Trinajstić information content (AvgIpc) is 2.63. The molecule has 0 fully saturated rings. The van der Waals surface area contributed by atoms with Gasteiger partial charge < -0.3 is 10.2 Å². The molecule has 0 saturated heterocycles. The predicted molar refractivity (Wildman–Crippen MR) is 113 cm³/mol. The number of aliphatic carboxylic acids is 2. The molecule has 0 bridgehead atoms. The Morgan fingerprint density at radius 3 is 1.66 bits per heavy atom. The van der Waals surface area contributed by atoms with Crippen LogP contribution in [0, 0.1) is 0 Å². The van der Waals surface area contributed by atoms with Gasteiger partial charge in [0, 0.05) is 0 Å². The molecule has 8 nitrogen and oxygen atoms in total. The van der Waals surface area contributed by atoms with E-state index in [1.165, 1.54) is 70.6 Å². The van der Waals surface area contributed by atoms with Crippen molar-refractivity contribution in [2.45, 2.75) is 96.3 Å². The van der Waals surface area contributed by atoms with Gasteiger partial charge in [-0.25, -0.2) is 0 Å². The van der Waals surface area contributed by atoms with Crippen molar-refractivity contribution in [2.24, 2.45) is 0 Å². The summed E-state index contributed by atoms with van der Waals surface area (Å²) < 4.78 is 35.1. The zero-order valence-electron chi connectivity index (χ0n) is 18.1. The van der Waals surface area contributed by atoms with Crippen LogP contribution in [0.1, 0.15) is 90.9 Å². The Morgan fingerprint density at radius 1 is 0.897 bits per heavy atom. The molecular formula is C19H37KO8S. The van der Waals surface area contributed by atoms with E-state index < -0.39 is 33.7 Å². The molecule has 0 aliphatic carbocycles. The molecule has 0 aromatic rings. The van der Waals surface area contributed by atoms with Gasteiger partial charge in [-0.05, 0) is 0 Å². The zero-order chi connectivity index (χ0) is 22.7. The van der Waals surface area contributed by atoms with Crippen LogP contribution in [0.3, 0.4) is 0 Å². The van der Waals surface area contributed by atoms with Crippen molar-refractivity contribution < 1.29 is 37.5 Å². The van der Waals surface area contributed by atoms with Crippen LogP contribution in [-0.2, 0) is 24.4 Å². The fraction of sp³-hybridized carbons (Fsp3) is 0.895. The molecule has 0 aromatic carbocycles. The van der Waals surface area contributed by atoms with Crippen LogP contribution in [0.5, 0.6) is 0 Å². The fourth-order valence-corrected chi connectivity index (χ4v) is 3.45. The Kier molecular flexibility index (Phi) is 22.2. The first-order chi connectivity index (χ1) is 13.6. The molecule has 168 valence electrons. The maximum atomic E-state index is 10.2. The minimum atomic E-state index is -4.84. The molecule has 29 heavy (non-hydrogen) atoms. The van der Waals surface area contributed by atoms with E-state index in [2.05, 4.69) is 13.8 Å². The van der Waals surface area contributed by atoms with Gasteiger partial charge in [0.05, 0.1) is 6.42 Å². The predicted octanol–water partition coefficient (Wildman–Crippen LogP) is 3.63. The number of ether oxygens (including phenoxy) is 1. The van der Waals surface area contributed by atoms with Crippen molar-refractivity contribution in [3.05, 3.63) is 0 Å². The van der Waals surface area contributed by atoms with Crippen LogP contribution >= 0.6 is 0 Å². The minimum Gasteiger partial charge on any atom is -0.481 e. The van der Waals surface area contributed by atoms with Crippen LogP contribution in [0.15, 0.2) is 0 Å². The summed E-state index contributed by atoms with van der Waals surface area (Å²) in [6.07, 6.45) is 14.2. The summed E-state index contributed by atoms with van der Waals surface area (Å²) in [6, 6.07) is 0. The molecule has 0 radical (unpaired) electrons. The molecule has 2 atom stereocenters. The molecule has 10 heteroatoms. The van der Waals surface area contributed by atoms with E-state index in [1.54, 1.807) is 0 Å². The van der Waals surface area contributed by atoms with Crippen molar-refractivity contribution in [3.8, 4) is 0 Å². The van der Waals surface area contributed by atoms with Crippen molar-refractivity contribution in [3.63, 3.8) is 0 Å². The normalized spacial score (nSPS) is 13.3. The van der Waals surface area contributed by atoms with Crippen molar-refractivity contribution in [2.75, 3.05) is 6.61 Å². The van der Waals surface area contributed by atoms with Gasteiger partial charge in [-0.15, -0.1) is 0 Å². The first-order valence-electron chi connectivity index (χ1n) is 10.6. The SMILES string of the molecule is CCCCCCCCCCCCO[CH]([K])CC.O=C(O)CC(C(=O)O)S(=O)(=O)O. The van der Waals surface area contributed by atoms with Crippen LogP contribution < -0.4 is 0 Å². The quantitative estimate of drug-likeness (QED) is 0.168. The molecule has 0 aliphatic heterocycles. The van der Waals surface area contributed by atoms with Crippen molar-refractivity contribution in [1.29, 1.82) is 0 Å². The second-order valence-electron chi connectivity index (χ2n) is 7.21. The molecule has 0 rings (SSSR count). The Bertz CT molecular complexity index is 524. The first kappa shape index (κ1) is 31.6. The van der Waals surface area contributed by atoms with Crippen molar-refractivity contribution >= 4 is 71.0 Å². The monoisotopic (exact) mass is 464 g/mol. The fourth-order valence-electron chi connectivity index (χ4n) is 2.47. The Hall–Kier alpha value is 0.446. The van der Waals surface area contributed by atoms with Gasteiger partial charge in [0.25, 0.3) is 10.1 Å². The minimum absolute atomic E-state index is 0.640. The second-order valence-corrected chi connectivity index (χ2v) is 10.8. The van der Waals surface area contributed by atoms with E-state index in [1.807, 2.05) is 0 Å². The van der Waals surface area contributed by atoms with Crippen LogP contribution in [-0.4, -0.2) is 96.1 Å². The molecular weight excluding hydrogens is 427 g/mol. The zero-order valence-corrected chi connectivity index (χ0v) is 22.1. The first-order valence-corrected chi connectivity index (χ1v) is 13.9. The topological polar surface area (TPSA) is 138 Å². The van der Waals surface area contributed by atoms with E-state index in [0.29, 0.717) is 0.199 Å². The van der Waals surface area contributed by atoms with Gasteiger partial charge in [0.1, 0.15) is 0 Å². The second kappa shape index (κ2) is 20.4. The summed E-state index contributed by atoms with van der Waals surface area (Å²) in [4.78, 5) is 20.0.